The molecule has 4 heterocycles. The highest BCUT2D eigenvalue weighted by atomic mass is 16.3. The van der Waals surface area contributed by atoms with Gasteiger partial charge >= 0.3 is 0 Å². The summed E-state index contributed by atoms with van der Waals surface area (Å²) in [6.07, 6.45) is 5.49. The van der Waals surface area contributed by atoms with Gasteiger partial charge in [-0.3, -0.25) is 9.97 Å². The minimum absolute atomic E-state index is 0.608. The molecule has 0 amide bonds. The van der Waals surface area contributed by atoms with E-state index in [-0.39, 0.29) is 0 Å². The first kappa shape index (κ1) is 23.2. The van der Waals surface area contributed by atoms with Crippen LogP contribution in [0.3, 0.4) is 0 Å². The quantitative estimate of drug-likeness (QED) is 0.229. The van der Waals surface area contributed by atoms with Gasteiger partial charge in [-0.25, -0.2) is 15.0 Å². The molecule has 0 unspecified atom stereocenters. The number of rotatable bonds is 4. The minimum atomic E-state index is 0.608. The molecule has 0 radical (unpaired) electrons. The fourth-order valence-corrected chi connectivity index (χ4v) is 5.23. The van der Waals surface area contributed by atoms with E-state index in [1.807, 2.05) is 103 Å². The van der Waals surface area contributed by atoms with Crippen LogP contribution in [0.15, 0.2) is 132 Å². The lowest BCUT2D eigenvalue weighted by atomic mass is 10.0. The summed E-state index contributed by atoms with van der Waals surface area (Å²) in [7, 11) is 0. The van der Waals surface area contributed by atoms with Gasteiger partial charge in [-0.15, -0.1) is 0 Å². The molecule has 0 fully saturated rings. The van der Waals surface area contributed by atoms with Crippen LogP contribution in [0.4, 0.5) is 0 Å². The van der Waals surface area contributed by atoms with Gasteiger partial charge in [0.2, 0.25) is 0 Å². The summed E-state index contributed by atoms with van der Waals surface area (Å²) in [5.41, 5.74) is 6.32. The Morgan fingerprint density at radius 2 is 1.20 bits per heavy atom. The Labute approximate surface area is 235 Å². The van der Waals surface area contributed by atoms with Crippen LogP contribution in [0.25, 0.3) is 78.1 Å². The molecule has 0 saturated heterocycles. The molecule has 4 aromatic carbocycles. The molecule has 0 saturated carbocycles. The van der Waals surface area contributed by atoms with Crippen LogP contribution in [0, 0.1) is 0 Å². The van der Waals surface area contributed by atoms with Crippen molar-refractivity contribution in [2.24, 2.45) is 0 Å². The highest BCUT2D eigenvalue weighted by Crippen LogP contribution is 2.34. The van der Waals surface area contributed by atoms with Crippen molar-refractivity contribution in [2.45, 2.75) is 0 Å². The first-order chi connectivity index (χ1) is 20.3. The van der Waals surface area contributed by atoms with Gasteiger partial charge in [0.1, 0.15) is 11.2 Å². The molecular formula is C35H21N5O. The molecule has 0 aliphatic carbocycles. The van der Waals surface area contributed by atoms with E-state index in [2.05, 4.69) is 23.2 Å². The zero-order chi connectivity index (χ0) is 27.2. The van der Waals surface area contributed by atoms with Gasteiger partial charge in [0.25, 0.3) is 0 Å². The zero-order valence-corrected chi connectivity index (χ0v) is 21.8. The number of nitrogens with zero attached hydrogens (tertiary/aromatic N) is 5. The zero-order valence-electron chi connectivity index (χ0n) is 21.8. The maximum Gasteiger partial charge on any atom is 0.164 e. The van der Waals surface area contributed by atoms with Crippen molar-refractivity contribution in [3.63, 3.8) is 0 Å². The molecule has 0 spiro atoms. The molecule has 8 aromatic rings. The van der Waals surface area contributed by atoms with Gasteiger partial charge in [0, 0.05) is 57.0 Å². The molecule has 0 aliphatic rings. The molecule has 192 valence electrons. The van der Waals surface area contributed by atoms with E-state index in [4.69, 9.17) is 24.4 Å². The summed E-state index contributed by atoms with van der Waals surface area (Å²) in [5.74, 6) is 1.87. The van der Waals surface area contributed by atoms with Crippen LogP contribution in [-0.4, -0.2) is 24.9 Å². The predicted molar refractivity (Wildman–Crippen MR) is 162 cm³/mol. The average molecular weight is 528 g/mol. The van der Waals surface area contributed by atoms with Gasteiger partial charge in [0.15, 0.2) is 17.5 Å². The van der Waals surface area contributed by atoms with E-state index in [0.29, 0.717) is 17.5 Å². The molecule has 6 nitrogen and oxygen atoms in total. The number of hydrogen-bond donors (Lipinski definition) is 0. The molecule has 0 N–H and O–H groups in total. The third-order valence-electron chi connectivity index (χ3n) is 7.27. The molecule has 4 aromatic heterocycles. The van der Waals surface area contributed by atoms with Gasteiger partial charge in [-0.2, -0.15) is 0 Å². The maximum atomic E-state index is 5.98. The summed E-state index contributed by atoms with van der Waals surface area (Å²) in [6, 6.07) is 36.3. The Morgan fingerprint density at radius 3 is 1.95 bits per heavy atom. The molecule has 0 aliphatic heterocycles. The van der Waals surface area contributed by atoms with Crippen molar-refractivity contribution in [3.8, 4) is 45.4 Å². The fourth-order valence-electron chi connectivity index (χ4n) is 5.23. The number of fused-ring (bicyclic) bond motifs is 4. The van der Waals surface area contributed by atoms with E-state index in [0.717, 1.165) is 60.7 Å². The monoisotopic (exact) mass is 527 g/mol. The van der Waals surface area contributed by atoms with Gasteiger partial charge in [0.05, 0.1) is 5.69 Å². The summed E-state index contributed by atoms with van der Waals surface area (Å²) < 4.78 is 5.98. The molecular weight excluding hydrogens is 506 g/mol. The smallest absolute Gasteiger partial charge is 0.164 e. The number of aromatic nitrogens is 5. The molecule has 8 rings (SSSR count). The summed E-state index contributed by atoms with van der Waals surface area (Å²) in [6.45, 7) is 0. The van der Waals surface area contributed by atoms with E-state index in [1.165, 1.54) is 0 Å². The van der Waals surface area contributed by atoms with E-state index in [9.17, 15) is 0 Å². The third-order valence-corrected chi connectivity index (χ3v) is 7.27. The number of hydrogen-bond acceptors (Lipinski definition) is 6. The van der Waals surface area contributed by atoms with Gasteiger partial charge < -0.3 is 4.42 Å². The minimum Gasteiger partial charge on any atom is -0.456 e. The van der Waals surface area contributed by atoms with Crippen LogP contribution in [-0.2, 0) is 0 Å². The van der Waals surface area contributed by atoms with E-state index >= 15 is 0 Å². The summed E-state index contributed by atoms with van der Waals surface area (Å²) >= 11 is 0. The first-order valence-electron chi connectivity index (χ1n) is 13.3. The molecule has 6 heteroatoms. The van der Waals surface area contributed by atoms with Crippen molar-refractivity contribution in [2.75, 3.05) is 0 Å². The number of benzene rings is 4. The van der Waals surface area contributed by atoms with Crippen molar-refractivity contribution >= 4 is 32.7 Å². The normalized spacial score (nSPS) is 11.4. The summed E-state index contributed by atoms with van der Waals surface area (Å²) in [4.78, 5) is 23.8. The van der Waals surface area contributed by atoms with E-state index < -0.39 is 0 Å². The Bertz CT molecular complexity index is 2150. The van der Waals surface area contributed by atoms with E-state index in [1.54, 1.807) is 6.20 Å². The number of pyridine rings is 2. The van der Waals surface area contributed by atoms with Crippen LogP contribution < -0.4 is 0 Å². The van der Waals surface area contributed by atoms with Crippen molar-refractivity contribution in [1.82, 2.24) is 24.9 Å². The molecule has 41 heavy (non-hydrogen) atoms. The predicted octanol–water partition coefficient (Wildman–Crippen LogP) is 8.38. The Hall–Kier alpha value is -5.75. The van der Waals surface area contributed by atoms with Crippen molar-refractivity contribution < 1.29 is 4.42 Å². The van der Waals surface area contributed by atoms with Crippen LogP contribution >= 0.6 is 0 Å². The standard InChI is InChI=1S/C35H21N5O/c1-3-8-22(9-4-1)33-38-34(23-10-5-2-6-11-23)40-35(39-33)26-13-7-12-24-19-30(37-21-28(24)26)25-14-15-31-27(18-25)29-20-36-17-16-32(29)41-31/h1-21H. The summed E-state index contributed by atoms with van der Waals surface area (Å²) in [5, 5.41) is 4.03. The average Bonchev–Trinajstić information content (AvgIpc) is 3.43. The van der Waals surface area contributed by atoms with Gasteiger partial charge in [-0.05, 0) is 35.7 Å². The topological polar surface area (TPSA) is 77.6 Å². The number of furan rings is 1. The lowest BCUT2D eigenvalue weighted by molar-refractivity contribution is 0.668. The maximum absolute atomic E-state index is 5.98. The molecule has 0 bridgehead atoms. The van der Waals surface area contributed by atoms with Crippen LogP contribution in [0.2, 0.25) is 0 Å². The fraction of sp³-hybridized carbons (Fsp3) is 0. The highest BCUT2D eigenvalue weighted by Gasteiger charge is 2.15. The second kappa shape index (κ2) is 9.47. The molecule has 0 atom stereocenters. The Morgan fingerprint density at radius 1 is 0.488 bits per heavy atom. The van der Waals surface area contributed by atoms with Gasteiger partial charge in [-0.1, -0.05) is 78.9 Å². The Kier molecular flexibility index (Phi) is 5.35. The SMILES string of the molecule is c1ccc(-c2nc(-c3ccccc3)nc(-c3cccc4cc(-c5ccc6oc7ccncc7c6c5)ncc34)n2)cc1. The van der Waals surface area contributed by atoms with Crippen molar-refractivity contribution in [1.29, 1.82) is 0 Å². The van der Waals surface area contributed by atoms with Crippen LogP contribution in [0.1, 0.15) is 0 Å². The lowest BCUT2D eigenvalue weighted by Crippen LogP contribution is -2.00. The second-order valence-corrected chi connectivity index (χ2v) is 9.82. The van der Waals surface area contributed by atoms with Crippen LogP contribution in [0.5, 0.6) is 0 Å². The first-order valence-corrected chi connectivity index (χ1v) is 13.3. The second-order valence-electron chi connectivity index (χ2n) is 9.82. The third kappa shape index (κ3) is 4.10. The lowest BCUT2D eigenvalue weighted by Gasteiger charge is -2.11. The largest absolute Gasteiger partial charge is 0.456 e. The van der Waals surface area contributed by atoms with Crippen molar-refractivity contribution in [3.05, 3.63) is 128 Å². The highest BCUT2D eigenvalue weighted by molar-refractivity contribution is 6.06. The Balaban J connectivity index is 1.27.